The van der Waals surface area contributed by atoms with Gasteiger partial charge in [0.2, 0.25) is 11.8 Å². The van der Waals surface area contributed by atoms with E-state index in [-0.39, 0.29) is 38.8 Å². The Balaban J connectivity index is 1.38. The molecule has 1 aromatic carbocycles. The molecule has 0 aromatic heterocycles. The van der Waals surface area contributed by atoms with E-state index >= 15 is 0 Å². The average Bonchev–Trinajstić information content (AvgIpc) is 3.76. The van der Waals surface area contributed by atoms with Crippen LogP contribution in [0.5, 0.6) is 0 Å². The number of hydroxylamine groups is 2. The summed E-state index contributed by atoms with van der Waals surface area (Å²) < 4.78 is 67.4. The van der Waals surface area contributed by atoms with Crippen LogP contribution >= 0.6 is 0 Å². The Morgan fingerprint density at radius 2 is 1.68 bits per heavy atom. The minimum atomic E-state index is -4.70. The summed E-state index contributed by atoms with van der Waals surface area (Å²) in [6.07, 6.45) is 0.608. The maximum Gasteiger partial charge on any atom is 0.422 e. The van der Waals surface area contributed by atoms with Gasteiger partial charge in [0.05, 0.1) is 19.2 Å². The number of benzene rings is 1. The average molecular weight is 882 g/mol. The zero-order valence-corrected chi connectivity index (χ0v) is 36.3. The van der Waals surface area contributed by atoms with Gasteiger partial charge in [-0.05, 0) is 57.2 Å². The number of esters is 3. The minimum absolute atomic E-state index is 0.0248. The molecule has 3 aliphatic heterocycles. The van der Waals surface area contributed by atoms with Crippen molar-refractivity contribution < 1.29 is 70.8 Å². The fourth-order valence-corrected chi connectivity index (χ4v) is 8.71. The quantitative estimate of drug-likeness (QED) is 0.0586. The highest BCUT2D eigenvalue weighted by Gasteiger charge is 2.76. The van der Waals surface area contributed by atoms with Crippen LogP contribution in [0.1, 0.15) is 123 Å². The fourth-order valence-electron chi connectivity index (χ4n) is 8.71. The molecule has 0 spiro atoms. The number of hydrogen-bond acceptors (Lipinski definition) is 13. The zero-order chi connectivity index (χ0) is 45.3. The predicted molar refractivity (Wildman–Crippen MR) is 216 cm³/mol. The first-order valence-corrected chi connectivity index (χ1v) is 21.7. The molecule has 3 saturated heterocycles. The highest BCUT2D eigenvalue weighted by atomic mass is 19.4. The molecule has 18 heteroatoms. The summed E-state index contributed by atoms with van der Waals surface area (Å²) in [4.78, 5) is 73.0. The van der Waals surface area contributed by atoms with E-state index in [1.54, 1.807) is 45.0 Å². The summed E-state index contributed by atoms with van der Waals surface area (Å²) in [5.41, 5.74) is -1.34. The van der Waals surface area contributed by atoms with Gasteiger partial charge in [-0.2, -0.15) is 18.2 Å². The fraction of sp³-hybridized carbons (Fsp3) is 0.705. The van der Waals surface area contributed by atoms with Crippen molar-refractivity contribution in [2.75, 3.05) is 19.8 Å². The Bertz CT molecular complexity index is 1760. The molecule has 3 heterocycles. The van der Waals surface area contributed by atoms with E-state index in [0.717, 1.165) is 44.6 Å². The van der Waals surface area contributed by atoms with Gasteiger partial charge in [0.15, 0.2) is 18.4 Å². The van der Waals surface area contributed by atoms with Crippen molar-refractivity contribution in [3.63, 3.8) is 0 Å². The van der Waals surface area contributed by atoms with Crippen LogP contribution in [0.25, 0.3) is 6.08 Å². The molecule has 4 aliphatic rings. The van der Waals surface area contributed by atoms with Crippen molar-refractivity contribution in [1.29, 1.82) is 0 Å². The molecule has 2 bridgehead atoms. The van der Waals surface area contributed by atoms with Crippen LogP contribution in [0, 0.1) is 5.41 Å². The van der Waals surface area contributed by atoms with Crippen LogP contribution in [-0.4, -0.2) is 114 Å². The molecule has 4 fully saturated rings. The smallest absolute Gasteiger partial charge is 0.422 e. The van der Waals surface area contributed by atoms with Gasteiger partial charge in [0, 0.05) is 44.7 Å². The number of nitrogens with zero attached hydrogens (tertiary/aromatic N) is 1. The molecule has 346 valence electrons. The second-order valence-corrected chi connectivity index (χ2v) is 17.5. The molecule has 1 saturated carbocycles. The first-order valence-electron chi connectivity index (χ1n) is 21.7. The van der Waals surface area contributed by atoms with Crippen LogP contribution in [0.4, 0.5) is 13.2 Å². The molecule has 0 radical (unpaired) electrons. The number of rotatable bonds is 22. The van der Waals surface area contributed by atoms with Gasteiger partial charge < -0.3 is 39.4 Å². The summed E-state index contributed by atoms with van der Waals surface area (Å²) >= 11 is 0. The van der Waals surface area contributed by atoms with E-state index in [0.29, 0.717) is 24.0 Å². The van der Waals surface area contributed by atoms with Crippen LogP contribution < -0.4 is 10.6 Å². The molecule has 5 rings (SSSR count). The molecule has 7 atom stereocenters. The number of nitrogens with one attached hydrogen (secondary N) is 2. The first kappa shape index (κ1) is 48.9. The van der Waals surface area contributed by atoms with Gasteiger partial charge in [-0.25, -0.2) is 4.79 Å². The van der Waals surface area contributed by atoms with E-state index in [1.165, 1.54) is 11.1 Å². The van der Waals surface area contributed by atoms with Crippen molar-refractivity contribution in [2.45, 2.75) is 172 Å². The number of aliphatic hydroxyl groups excluding tert-OH is 1. The summed E-state index contributed by atoms with van der Waals surface area (Å²) in [5.74, 6) is -4.46. The van der Waals surface area contributed by atoms with E-state index in [1.807, 2.05) is 0 Å². The lowest BCUT2D eigenvalue weighted by molar-refractivity contribution is -0.224. The molecule has 15 nitrogen and oxygen atoms in total. The number of alkyl halides is 3. The Morgan fingerprint density at radius 1 is 1.00 bits per heavy atom. The van der Waals surface area contributed by atoms with Gasteiger partial charge in [0.1, 0.15) is 35.4 Å². The summed E-state index contributed by atoms with van der Waals surface area (Å²) in [7, 11) is 0. The Morgan fingerprint density at radius 3 is 2.32 bits per heavy atom. The van der Waals surface area contributed by atoms with Crippen molar-refractivity contribution in [3.8, 4) is 0 Å². The van der Waals surface area contributed by atoms with E-state index in [4.69, 9.17) is 23.8 Å². The minimum Gasteiger partial charge on any atom is -0.460 e. The maximum absolute atomic E-state index is 14.7. The Hall–Kier alpha value is -4.10. The standard InChI is InChI=1S/C44H62F3N3O12/c1-6-8-12-21-42(22-13-9-7-2)60-35-31-24-43(40(56)48-23-20-32(52)49-30(26-51)17-19-34(54)59-41(3,4)5)37(39(55)58-31)50(62-38(43)36(35)61-42)25-29-15-11-10-14-28(29)16-18-33(53)57-27-44(45,46)47/h10-11,14-16,18,30-31,35-38,51H,6-9,12-13,17,19-27H2,1-5H3,(H,48,56)(H,49,52)/t30-,31+,35-,36-,37-,38+,43-/m0/s1. The molecule has 62 heavy (non-hydrogen) atoms. The van der Waals surface area contributed by atoms with Crippen LogP contribution in [0.15, 0.2) is 30.3 Å². The molecular formula is C44H62F3N3O12. The first-order chi connectivity index (χ1) is 29.3. The second-order valence-electron chi connectivity index (χ2n) is 17.5. The molecule has 0 unspecified atom stereocenters. The third-order valence-corrected chi connectivity index (χ3v) is 11.5. The molecule has 1 aliphatic carbocycles. The van der Waals surface area contributed by atoms with Crippen molar-refractivity contribution in [1.82, 2.24) is 15.7 Å². The summed E-state index contributed by atoms with van der Waals surface area (Å²) in [5, 5.41) is 16.8. The number of unbranched alkanes of at least 4 members (excludes halogenated alkanes) is 4. The lowest BCUT2D eigenvalue weighted by atomic mass is 9.62. The third-order valence-electron chi connectivity index (χ3n) is 11.5. The Labute approximate surface area is 360 Å². The zero-order valence-electron chi connectivity index (χ0n) is 36.3. The number of ether oxygens (including phenoxy) is 5. The number of carbonyl (C=O) groups excluding carboxylic acids is 5. The normalized spacial score (nSPS) is 25.8. The summed E-state index contributed by atoms with van der Waals surface area (Å²) in [6.45, 7) is 6.99. The van der Waals surface area contributed by atoms with Gasteiger partial charge in [-0.15, -0.1) is 0 Å². The summed E-state index contributed by atoms with van der Waals surface area (Å²) in [6, 6.07) is 4.64. The van der Waals surface area contributed by atoms with Gasteiger partial charge >= 0.3 is 24.1 Å². The number of halogens is 3. The number of amides is 2. The van der Waals surface area contributed by atoms with Crippen molar-refractivity contribution >= 4 is 35.8 Å². The van der Waals surface area contributed by atoms with Gasteiger partial charge in [-0.1, -0.05) is 63.8 Å². The second kappa shape index (κ2) is 21.1. The molecule has 3 N–H and O–H groups in total. The van der Waals surface area contributed by atoms with E-state index in [9.17, 15) is 42.3 Å². The number of fused-ring (bicyclic) bond motifs is 4. The lowest BCUT2D eigenvalue weighted by Crippen LogP contribution is -2.69. The molecule has 2 amide bonds. The number of carbonyl (C=O) groups is 5. The highest BCUT2D eigenvalue weighted by Crippen LogP contribution is 2.58. The maximum atomic E-state index is 14.7. The van der Waals surface area contributed by atoms with E-state index in [2.05, 4.69) is 29.2 Å². The number of aliphatic hydroxyl groups is 1. The van der Waals surface area contributed by atoms with Crippen LogP contribution in [-0.2, 0) is 59.0 Å². The topological polar surface area (TPSA) is 188 Å². The van der Waals surface area contributed by atoms with Crippen LogP contribution in [0.3, 0.4) is 0 Å². The highest BCUT2D eigenvalue weighted by molar-refractivity contribution is 5.94. The predicted octanol–water partition coefficient (Wildman–Crippen LogP) is 5.35. The lowest BCUT2D eigenvalue weighted by Gasteiger charge is -2.48. The van der Waals surface area contributed by atoms with Crippen molar-refractivity contribution in [2.24, 2.45) is 5.41 Å². The molecule has 1 aromatic rings. The largest absolute Gasteiger partial charge is 0.460 e. The number of hydrogen-bond donors (Lipinski definition) is 3. The monoisotopic (exact) mass is 881 g/mol. The van der Waals surface area contributed by atoms with Gasteiger partial charge in [0.25, 0.3) is 0 Å². The SMILES string of the molecule is CCCCCC1(CCCCC)O[C@@H]2[C@H](O1)[C@H]1ON(Cc3ccccc3C=CC(=O)OCC(F)(F)F)[C@H]3C(=O)O[C@@H]2C[C@@]13C(=O)NCCC(=O)N[C@H](CO)CCC(=O)OC(C)(C)C. The Kier molecular flexibility index (Phi) is 16.6. The van der Waals surface area contributed by atoms with Gasteiger partial charge in [-0.3, -0.25) is 24.0 Å². The molecular weight excluding hydrogens is 819 g/mol. The van der Waals surface area contributed by atoms with E-state index < -0.39 is 102 Å². The van der Waals surface area contributed by atoms with Crippen molar-refractivity contribution in [3.05, 3.63) is 41.5 Å². The third kappa shape index (κ3) is 12.3. The van der Waals surface area contributed by atoms with Crippen LogP contribution in [0.2, 0.25) is 0 Å².